The summed E-state index contributed by atoms with van der Waals surface area (Å²) >= 11 is 0. The van der Waals surface area contributed by atoms with E-state index in [0.717, 1.165) is 0 Å². The summed E-state index contributed by atoms with van der Waals surface area (Å²) in [6.07, 6.45) is 0. The van der Waals surface area contributed by atoms with Crippen molar-refractivity contribution < 1.29 is 19.3 Å². The summed E-state index contributed by atoms with van der Waals surface area (Å²) in [5.41, 5.74) is 0. The lowest BCUT2D eigenvalue weighted by Gasteiger charge is -1.93. The first kappa shape index (κ1) is 12.3. The Hall–Kier alpha value is -2.20. The predicted molar refractivity (Wildman–Crippen MR) is 58.7 cm³/mol. The number of anilines is 2. The molecular formula is C8H12N6O4. The molecule has 10 nitrogen and oxygen atoms in total. The number of aliphatic hydroxyl groups is 2. The van der Waals surface area contributed by atoms with E-state index >= 15 is 0 Å². The van der Waals surface area contributed by atoms with Crippen molar-refractivity contribution in [2.24, 2.45) is 0 Å². The molecule has 0 bridgehead atoms. The van der Waals surface area contributed by atoms with Gasteiger partial charge in [0.2, 0.25) is 11.6 Å². The minimum Gasteiger partial charge on any atom is -0.395 e. The van der Waals surface area contributed by atoms with Gasteiger partial charge in [-0.1, -0.05) is 10.3 Å². The molecule has 4 N–H and O–H groups in total. The van der Waals surface area contributed by atoms with Gasteiger partial charge in [-0.2, -0.15) is 9.97 Å². The molecule has 2 aromatic rings. The van der Waals surface area contributed by atoms with Crippen molar-refractivity contribution in [3.63, 3.8) is 0 Å². The first-order chi connectivity index (χ1) is 8.83. The average molecular weight is 256 g/mol. The molecule has 0 aliphatic rings. The van der Waals surface area contributed by atoms with Crippen molar-refractivity contribution in [2.45, 2.75) is 0 Å². The van der Waals surface area contributed by atoms with Crippen LogP contribution in [0.5, 0.6) is 0 Å². The van der Waals surface area contributed by atoms with Gasteiger partial charge in [0.15, 0.2) is 0 Å². The summed E-state index contributed by atoms with van der Waals surface area (Å²) in [5.74, 6) is 0.326. The van der Waals surface area contributed by atoms with E-state index in [4.69, 9.17) is 19.3 Å². The van der Waals surface area contributed by atoms with Crippen molar-refractivity contribution in [3.05, 3.63) is 0 Å². The summed E-state index contributed by atoms with van der Waals surface area (Å²) in [5, 5.41) is 29.9. The normalized spacial score (nSPS) is 10.6. The highest BCUT2D eigenvalue weighted by Gasteiger charge is 2.14. The van der Waals surface area contributed by atoms with Crippen LogP contribution in [0.15, 0.2) is 9.05 Å². The number of aliphatic hydroxyl groups excluding tert-OH is 2. The Morgan fingerprint density at radius 3 is 1.67 bits per heavy atom. The van der Waals surface area contributed by atoms with Crippen molar-refractivity contribution in [2.75, 3.05) is 36.9 Å². The maximum atomic E-state index is 8.62. The first-order valence-electron chi connectivity index (χ1n) is 5.20. The average Bonchev–Trinajstić information content (AvgIpc) is 3.02. The molecule has 18 heavy (non-hydrogen) atoms. The number of rotatable bonds is 7. The summed E-state index contributed by atoms with van der Waals surface area (Å²) in [6, 6.07) is 0.322. The minimum absolute atomic E-state index is 0.0465. The SMILES string of the molecule is OCCNc1nc(-c2noc(NCCO)n2)no1. The van der Waals surface area contributed by atoms with E-state index < -0.39 is 0 Å². The van der Waals surface area contributed by atoms with Crippen molar-refractivity contribution in [1.82, 2.24) is 20.3 Å². The molecule has 0 fully saturated rings. The van der Waals surface area contributed by atoms with E-state index in [1.54, 1.807) is 0 Å². The van der Waals surface area contributed by atoms with Gasteiger partial charge in [0, 0.05) is 13.1 Å². The Balaban J connectivity index is 2.01. The molecule has 0 atom stereocenters. The predicted octanol–water partition coefficient (Wildman–Crippen LogP) is -1.07. The third-order valence-corrected chi connectivity index (χ3v) is 1.83. The zero-order chi connectivity index (χ0) is 12.8. The molecule has 0 spiro atoms. The van der Waals surface area contributed by atoms with E-state index in [9.17, 15) is 0 Å². The van der Waals surface area contributed by atoms with Crippen LogP contribution in [0.1, 0.15) is 0 Å². The van der Waals surface area contributed by atoms with Gasteiger partial charge in [-0.15, -0.1) is 0 Å². The smallest absolute Gasteiger partial charge is 0.321 e. The fourth-order valence-corrected chi connectivity index (χ4v) is 1.10. The second-order valence-corrected chi connectivity index (χ2v) is 3.15. The van der Waals surface area contributed by atoms with Crippen LogP contribution in [0.25, 0.3) is 11.6 Å². The Bertz CT molecular complexity index is 439. The Morgan fingerprint density at radius 1 is 0.833 bits per heavy atom. The Labute approximate surface area is 101 Å². The first-order valence-corrected chi connectivity index (χ1v) is 5.20. The van der Waals surface area contributed by atoms with Gasteiger partial charge >= 0.3 is 12.0 Å². The maximum absolute atomic E-state index is 8.62. The van der Waals surface area contributed by atoms with Gasteiger partial charge in [0.05, 0.1) is 13.2 Å². The summed E-state index contributed by atoms with van der Waals surface area (Å²) < 4.78 is 9.69. The van der Waals surface area contributed by atoms with E-state index in [1.807, 2.05) is 0 Å². The van der Waals surface area contributed by atoms with Gasteiger partial charge in [-0.25, -0.2) is 0 Å². The monoisotopic (exact) mass is 256 g/mol. The van der Waals surface area contributed by atoms with Crippen LogP contribution in [-0.4, -0.2) is 56.8 Å². The fourth-order valence-electron chi connectivity index (χ4n) is 1.10. The standard InChI is InChI=1S/C8H12N6O4/c15-3-1-9-7-11-5(13-17-7)6-12-8(18-14-6)10-2-4-16/h15-16H,1-4H2,(H,9,11,13)(H,10,12,14). The number of nitrogens with zero attached hydrogens (tertiary/aromatic N) is 4. The molecule has 98 valence electrons. The summed E-state index contributed by atoms with van der Waals surface area (Å²) in [7, 11) is 0. The van der Waals surface area contributed by atoms with Gasteiger partial charge in [-0.3, -0.25) is 0 Å². The van der Waals surface area contributed by atoms with Gasteiger partial charge in [0.1, 0.15) is 0 Å². The third kappa shape index (κ3) is 2.93. The highest BCUT2D eigenvalue weighted by atomic mass is 16.5. The van der Waals surface area contributed by atoms with Crippen LogP contribution in [-0.2, 0) is 0 Å². The van der Waals surface area contributed by atoms with Crippen LogP contribution in [0, 0.1) is 0 Å². The highest BCUT2D eigenvalue weighted by Crippen LogP contribution is 2.15. The lowest BCUT2D eigenvalue weighted by atomic mass is 10.6. The van der Waals surface area contributed by atoms with Crippen molar-refractivity contribution in [3.8, 4) is 11.6 Å². The molecule has 2 aromatic heterocycles. The van der Waals surface area contributed by atoms with Crippen LogP contribution in [0.3, 0.4) is 0 Å². The highest BCUT2D eigenvalue weighted by molar-refractivity contribution is 5.45. The molecule has 0 saturated carbocycles. The van der Waals surface area contributed by atoms with Crippen LogP contribution in [0.2, 0.25) is 0 Å². The molecule has 0 amide bonds. The zero-order valence-electron chi connectivity index (χ0n) is 9.33. The fraction of sp³-hybridized carbons (Fsp3) is 0.500. The molecule has 2 heterocycles. The molecule has 0 aliphatic heterocycles. The molecule has 0 aliphatic carbocycles. The molecular weight excluding hydrogens is 244 g/mol. The van der Waals surface area contributed by atoms with Crippen LogP contribution >= 0.6 is 0 Å². The molecule has 0 saturated heterocycles. The van der Waals surface area contributed by atoms with E-state index in [-0.39, 0.29) is 36.9 Å². The minimum atomic E-state index is -0.0465. The quantitative estimate of drug-likeness (QED) is 0.483. The largest absolute Gasteiger partial charge is 0.395 e. The van der Waals surface area contributed by atoms with Crippen molar-refractivity contribution in [1.29, 1.82) is 0 Å². The summed E-state index contributed by atoms with van der Waals surface area (Å²) in [4.78, 5) is 7.90. The second kappa shape index (κ2) is 5.93. The Morgan fingerprint density at radius 2 is 1.28 bits per heavy atom. The molecule has 0 unspecified atom stereocenters. The second-order valence-electron chi connectivity index (χ2n) is 3.15. The number of nitrogens with one attached hydrogen (secondary N) is 2. The molecule has 0 aromatic carbocycles. The molecule has 2 rings (SSSR count). The van der Waals surface area contributed by atoms with Crippen molar-refractivity contribution >= 4 is 12.0 Å². The lowest BCUT2D eigenvalue weighted by Crippen LogP contribution is -2.05. The van der Waals surface area contributed by atoms with Crippen LogP contribution < -0.4 is 10.6 Å². The lowest BCUT2D eigenvalue weighted by molar-refractivity contribution is 0.308. The topological polar surface area (TPSA) is 142 Å². The molecule has 0 radical (unpaired) electrons. The van der Waals surface area contributed by atoms with Gasteiger partial charge in [-0.05, 0) is 0 Å². The maximum Gasteiger partial charge on any atom is 0.321 e. The zero-order valence-corrected chi connectivity index (χ0v) is 9.33. The molecule has 10 heteroatoms. The van der Waals surface area contributed by atoms with Gasteiger partial charge < -0.3 is 29.9 Å². The Kier molecular flexibility index (Phi) is 4.04. The van der Waals surface area contributed by atoms with E-state index in [2.05, 4.69) is 30.9 Å². The number of hydrogen-bond acceptors (Lipinski definition) is 10. The third-order valence-electron chi connectivity index (χ3n) is 1.83. The number of hydrogen-bond donors (Lipinski definition) is 4. The summed E-state index contributed by atoms with van der Waals surface area (Å²) in [6.45, 7) is 0.513. The van der Waals surface area contributed by atoms with Crippen LogP contribution in [0.4, 0.5) is 12.0 Å². The van der Waals surface area contributed by atoms with E-state index in [0.29, 0.717) is 13.1 Å². The number of aromatic nitrogens is 4. The van der Waals surface area contributed by atoms with E-state index in [1.165, 1.54) is 0 Å². The van der Waals surface area contributed by atoms with Gasteiger partial charge in [0.25, 0.3) is 0 Å².